The summed E-state index contributed by atoms with van der Waals surface area (Å²) >= 11 is 0. The number of benzene rings is 1. The molecule has 4 rings (SSSR count). The number of carbonyl (C=O) groups excluding carboxylic acids is 1. The Labute approximate surface area is 162 Å². The lowest BCUT2D eigenvalue weighted by Gasteiger charge is -2.33. The Morgan fingerprint density at radius 3 is 2.54 bits per heavy atom. The van der Waals surface area contributed by atoms with Crippen LogP contribution in [0.4, 0.5) is 4.39 Å². The van der Waals surface area contributed by atoms with Crippen molar-refractivity contribution in [2.24, 2.45) is 5.92 Å². The molecule has 0 spiro atoms. The molecule has 1 amide bonds. The lowest BCUT2D eigenvalue weighted by Crippen LogP contribution is -2.44. The van der Waals surface area contributed by atoms with Gasteiger partial charge in [0, 0.05) is 37.9 Å². The predicted molar refractivity (Wildman–Crippen MR) is 102 cm³/mol. The normalized spacial score (nSPS) is 20.5. The fourth-order valence-corrected chi connectivity index (χ4v) is 3.91. The molecule has 2 fully saturated rings. The number of piperidine rings is 1. The maximum Gasteiger partial charge on any atom is 0.266 e. The van der Waals surface area contributed by atoms with Gasteiger partial charge in [-0.15, -0.1) is 0 Å². The van der Waals surface area contributed by atoms with E-state index >= 15 is 0 Å². The third kappa shape index (κ3) is 4.14. The van der Waals surface area contributed by atoms with Crippen molar-refractivity contribution in [2.45, 2.75) is 38.3 Å². The standard InChI is InChI=1S/C21H24FN3O3/c22-17-5-3-16(4-6-17)18-7-8-20(26)25(23-18)14-15-9-11-24(12-10-15)21(27)19-2-1-13-28-19/h3-8,15,19H,1-2,9-14H2/t19-/m1/s1. The summed E-state index contributed by atoms with van der Waals surface area (Å²) in [4.78, 5) is 26.6. The molecule has 7 heteroatoms. The molecule has 2 saturated heterocycles. The average Bonchev–Trinajstić information content (AvgIpc) is 3.25. The number of halogens is 1. The first kappa shape index (κ1) is 18.8. The van der Waals surface area contributed by atoms with Gasteiger partial charge in [0.2, 0.25) is 0 Å². The van der Waals surface area contributed by atoms with Crippen LogP contribution in [0.2, 0.25) is 0 Å². The molecule has 1 aromatic carbocycles. The summed E-state index contributed by atoms with van der Waals surface area (Å²) in [6.07, 6.45) is 3.18. The van der Waals surface area contributed by atoms with Crippen LogP contribution in [0.1, 0.15) is 25.7 Å². The van der Waals surface area contributed by atoms with Crippen LogP contribution in [0, 0.1) is 11.7 Å². The molecular formula is C21H24FN3O3. The summed E-state index contributed by atoms with van der Waals surface area (Å²) < 4.78 is 20.1. The zero-order valence-electron chi connectivity index (χ0n) is 15.7. The Bertz CT molecular complexity index is 883. The SMILES string of the molecule is O=C([C@H]1CCCO1)N1CCC(Cn2nc(-c3ccc(F)cc3)ccc2=O)CC1. The molecule has 0 N–H and O–H groups in total. The minimum atomic E-state index is -0.304. The first-order chi connectivity index (χ1) is 13.6. The summed E-state index contributed by atoms with van der Waals surface area (Å²) in [5, 5.41) is 4.46. The second kappa shape index (κ2) is 8.22. The van der Waals surface area contributed by atoms with Gasteiger partial charge in [-0.2, -0.15) is 5.10 Å². The second-order valence-electron chi connectivity index (χ2n) is 7.52. The lowest BCUT2D eigenvalue weighted by molar-refractivity contribution is -0.142. The Hall–Kier alpha value is -2.54. The monoisotopic (exact) mass is 385 g/mol. The molecule has 148 valence electrons. The van der Waals surface area contributed by atoms with Gasteiger partial charge in [-0.25, -0.2) is 9.07 Å². The van der Waals surface area contributed by atoms with Gasteiger partial charge >= 0.3 is 0 Å². The quantitative estimate of drug-likeness (QED) is 0.811. The van der Waals surface area contributed by atoms with Crippen LogP contribution >= 0.6 is 0 Å². The number of aromatic nitrogens is 2. The highest BCUT2D eigenvalue weighted by molar-refractivity contribution is 5.81. The third-order valence-electron chi connectivity index (χ3n) is 5.57. The molecule has 6 nitrogen and oxygen atoms in total. The Balaban J connectivity index is 1.39. The molecule has 0 bridgehead atoms. The lowest BCUT2D eigenvalue weighted by atomic mass is 9.96. The van der Waals surface area contributed by atoms with E-state index in [1.807, 2.05) is 4.90 Å². The number of rotatable bonds is 4. The molecule has 1 atom stereocenters. The van der Waals surface area contributed by atoms with Crippen LogP contribution in [0.5, 0.6) is 0 Å². The molecule has 2 aliphatic rings. The minimum Gasteiger partial charge on any atom is -0.368 e. The zero-order chi connectivity index (χ0) is 19.5. The van der Waals surface area contributed by atoms with E-state index in [-0.39, 0.29) is 23.4 Å². The Kier molecular flexibility index (Phi) is 5.52. The van der Waals surface area contributed by atoms with Gasteiger partial charge < -0.3 is 9.64 Å². The van der Waals surface area contributed by atoms with Gasteiger partial charge in [-0.1, -0.05) is 0 Å². The van der Waals surface area contributed by atoms with Crippen molar-refractivity contribution in [3.05, 3.63) is 52.6 Å². The van der Waals surface area contributed by atoms with E-state index in [4.69, 9.17) is 4.74 Å². The number of likely N-dealkylation sites (tertiary alicyclic amines) is 1. The molecule has 0 radical (unpaired) electrons. The molecule has 0 unspecified atom stereocenters. The number of ether oxygens (including phenoxy) is 1. The van der Waals surface area contributed by atoms with Crippen molar-refractivity contribution in [2.75, 3.05) is 19.7 Å². The molecule has 2 aliphatic heterocycles. The van der Waals surface area contributed by atoms with Crippen LogP contribution in [0.25, 0.3) is 11.3 Å². The van der Waals surface area contributed by atoms with Crippen LogP contribution < -0.4 is 5.56 Å². The Morgan fingerprint density at radius 1 is 1.11 bits per heavy atom. The van der Waals surface area contributed by atoms with Crippen molar-refractivity contribution in [3.63, 3.8) is 0 Å². The van der Waals surface area contributed by atoms with Gasteiger partial charge in [-0.3, -0.25) is 9.59 Å². The number of hydrogen-bond acceptors (Lipinski definition) is 4. The summed E-state index contributed by atoms with van der Waals surface area (Å²) in [6, 6.07) is 9.24. The Morgan fingerprint density at radius 2 is 1.86 bits per heavy atom. The van der Waals surface area contributed by atoms with E-state index in [2.05, 4.69) is 5.10 Å². The van der Waals surface area contributed by atoms with E-state index < -0.39 is 0 Å². The number of nitrogens with zero attached hydrogens (tertiary/aromatic N) is 3. The van der Waals surface area contributed by atoms with Crippen molar-refractivity contribution in [1.82, 2.24) is 14.7 Å². The summed E-state index contributed by atoms with van der Waals surface area (Å²) in [7, 11) is 0. The highest BCUT2D eigenvalue weighted by atomic mass is 19.1. The minimum absolute atomic E-state index is 0.101. The van der Waals surface area contributed by atoms with E-state index in [0.29, 0.717) is 37.9 Å². The maximum atomic E-state index is 13.1. The molecule has 28 heavy (non-hydrogen) atoms. The topological polar surface area (TPSA) is 64.4 Å². The molecule has 0 aliphatic carbocycles. The first-order valence-electron chi connectivity index (χ1n) is 9.84. The molecule has 1 aromatic heterocycles. The van der Waals surface area contributed by atoms with E-state index in [0.717, 1.165) is 31.2 Å². The van der Waals surface area contributed by atoms with Crippen molar-refractivity contribution < 1.29 is 13.9 Å². The third-order valence-corrected chi connectivity index (χ3v) is 5.57. The first-order valence-corrected chi connectivity index (χ1v) is 9.84. The fraction of sp³-hybridized carbons (Fsp3) is 0.476. The van der Waals surface area contributed by atoms with Crippen molar-refractivity contribution in [3.8, 4) is 11.3 Å². The van der Waals surface area contributed by atoms with Crippen LogP contribution in [-0.2, 0) is 16.1 Å². The van der Waals surface area contributed by atoms with Crippen LogP contribution in [0.15, 0.2) is 41.2 Å². The maximum absolute atomic E-state index is 13.1. The molecule has 2 aromatic rings. The van der Waals surface area contributed by atoms with E-state index in [9.17, 15) is 14.0 Å². The number of hydrogen-bond donors (Lipinski definition) is 0. The van der Waals surface area contributed by atoms with Gasteiger partial charge in [0.25, 0.3) is 11.5 Å². The molecule has 0 saturated carbocycles. The summed E-state index contributed by atoms with van der Waals surface area (Å²) in [5.74, 6) is 0.0909. The largest absolute Gasteiger partial charge is 0.368 e. The summed E-state index contributed by atoms with van der Waals surface area (Å²) in [6.45, 7) is 2.58. The smallest absolute Gasteiger partial charge is 0.266 e. The van der Waals surface area contributed by atoms with Gasteiger partial charge in [0.05, 0.1) is 5.69 Å². The van der Waals surface area contributed by atoms with Crippen molar-refractivity contribution >= 4 is 5.91 Å². The number of carbonyl (C=O) groups is 1. The molecular weight excluding hydrogens is 361 g/mol. The number of amides is 1. The van der Waals surface area contributed by atoms with E-state index in [1.54, 1.807) is 18.2 Å². The van der Waals surface area contributed by atoms with Gasteiger partial charge in [-0.05, 0) is 61.9 Å². The van der Waals surface area contributed by atoms with Gasteiger partial charge in [0.1, 0.15) is 11.9 Å². The summed E-state index contributed by atoms with van der Waals surface area (Å²) in [5.41, 5.74) is 1.27. The highest BCUT2D eigenvalue weighted by Crippen LogP contribution is 2.22. The van der Waals surface area contributed by atoms with Gasteiger partial charge in [0.15, 0.2) is 0 Å². The van der Waals surface area contributed by atoms with Crippen LogP contribution in [-0.4, -0.2) is 46.4 Å². The van der Waals surface area contributed by atoms with Crippen molar-refractivity contribution in [1.29, 1.82) is 0 Å². The predicted octanol–water partition coefficient (Wildman–Crippen LogP) is 2.47. The fourth-order valence-electron chi connectivity index (χ4n) is 3.91. The highest BCUT2D eigenvalue weighted by Gasteiger charge is 2.31. The molecule has 3 heterocycles. The van der Waals surface area contributed by atoms with E-state index in [1.165, 1.54) is 22.9 Å². The average molecular weight is 385 g/mol. The second-order valence-corrected chi connectivity index (χ2v) is 7.52. The van der Waals surface area contributed by atoms with Crippen LogP contribution in [0.3, 0.4) is 0 Å². The zero-order valence-corrected chi connectivity index (χ0v) is 15.7.